The quantitative estimate of drug-likeness (QED) is 0.767. The molecule has 1 fully saturated rings. The summed E-state index contributed by atoms with van der Waals surface area (Å²) in [4.78, 5) is 19.1. The van der Waals surface area contributed by atoms with E-state index in [4.69, 9.17) is 4.74 Å². The van der Waals surface area contributed by atoms with Crippen LogP contribution in [0, 0.1) is 19.7 Å². The van der Waals surface area contributed by atoms with Crippen LogP contribution in [0.3, 0.4) is 0 Å². The van der Waals surface area contributed by atoms with Gasteiger partial charge in [0.05, 0.1) is 7.11 Å². The summed E-state index contributed by atoms with van der Waals surface area (Å²) in [6, 6.07) is 6.78. The van der Waals surface area contributed by atoms with Gasteiger partial charge >= 0.3 is 0 Å². The van der Waals surface area contributed by atoms with Gasteiger partial charge in [0.2, 0.25) is 0 Å². The topological polar surface area (TPSA) is 62.6 Å². The smallest absolute Gasteiger partial charge is 0.275 e. The molecule has 0 radical (unpaired) electrons. The zero-order valence-electron chi connectivity index (χ0n) is 15.8. The molecule has 6 nitrogen and oxygen atoms in total. The van der Waals surface area contributed by atoms with E-state index in [9.17, 15) is 9.18 Å². The Morgan fingerprint density at radius 2 is 2.15 bits per heavy atom. The number of likely N-dealkylation sites (tertiary alicyclic amines) is 1. The van der Waals surface area contributed by atoms with E-state index in [1.54, 1.807) is 26.2 Å². The Hall–Kier alpha value is -2.67. The summed E-state index contributed by atoms with van der Waals surface area (Å²) in [5.74, 6) is 0.709. The van der Waals surface area contributed by atoms with Gasteiger partial charge in [-0.2, -0.15) is 0 Å². The minimum atomic E-state index is -0.216. The number of aromatic nitrogens is 3. The minimum Gasteiger partial charge on any atom is -0.497 e. The third kappa shape index (κ3) is 3.23. The van der Waals surface area contributed by atoms with Crippen LogP contribution in [0.1, 0.15) is 34.9 Å². The molecule has 4 rings (SSSR count). The predicted molar refractivity (Wildman–Crippen MR) is 101 cm³/mol. The van der Waals surface area contributed by atoms with Gasteiger partial charge in [0.15, 0.2) is 5.65 Å². The third-order valence-electron chi connectivity index (χ3n) is 5.46. The Labute approximate surface area is 156 Å². The Balaban J connectivity index is 1.54. The number of aromatic amines is 1. The Kier molecular flexibility index (Phi) is 4.47. The van der Waals surface area contributed by atoms with Crippen molar-refractivity contribution in [3.63, 3.8) is 0 Å². The van der Waals surface area contributed by atoms with Gasteiger partial charge in [-0.1, -0.05) is 0 Å². The van der Waals surface area contributed by atoms with Gasteiger partial charge in [-0.05, 0) is 45.0 Å². The van der Waals surface area contributed by atoms with Crippen molar-refractivity contribution >= 4 is 5.65 Å². The Bertz CT molecular complexity index is 1060. The summed E-state index contributed by atoms with van der Waals surface area (Å²) in [5, 5.41) is 3.21. The fourth-order valence-corrected chi connectivity index (χ4v) is 3.72. The maximum Gasteiger partial charge on any atom is 0.275 e. The van der Waals surface area contributed by atoms with E-state index in [0.717, 1.165) is 30.9 Å². The highest BCUT2D eigenvalue weighted by molar-refractivity contribution is 5.42. The highest BCUT2D eigenvalue weighted by atomic mass is 19.1. The van der Waals surface area contributed by atoms with Crippen LogP contribution in [-0.4, -0.2) is 39.7 Å². The van der Waals surface area contributed by atoms with E-state index < -0.39 is 0 Å². The van der Waals surface area contributed by atoms with Crippen molar-refractivity contribution in [3.05, 3.63) is 63.0 Å². The Morgan fingerprint density at radius 1 is 1.33 bits per heavy atom. The lowest BCUT2D eigenvalue weighted by atomic mass is 10.1. The summed E-state index contributed by atoms with van der Waals surface area (Å²) in [7, 11) is 1.58. The van der Waals surface area contributed by atoms with E-state index in [0.29, 0.717) is 29.1 Å². The first-order valence-corrected chi connectivity index (χ1v) is 9.10. The molecule has 1 aliphatic heterocycles. The average Bonchev–Trinajstić information content (AvgIpc) is 3.28. The second kappa shape index (κ2) is 6.81. The van der Waals surface area contributed by atoms with Crippen molar-refractivity contribution in [1.29, 1.82) is 0 Å². The molecule has 1 aromatic carbocycles. The molecule has 0 amide bonds. The summed E-state index contributed by atoms with van der Waals surface area (Å²) >= 11 is 0. The van der Waals surface area contributed by atoms with Crippen LogP contribution in [0.2, 0.25) is 0 Å². The van der Waals surface area contributed by atoms with Gasteiger partial charge in [-0.25, -0.2) is 13.9 Å². The molecule has 0 spiro atoms. The number of fused-ring (bicyclic) bond motifs is 1. The molecule has 0 unspecified atom stereocenters. The molecule has 1 atom stereocenters. The first-order chi connectivity index (χ1) is 13.0. The minimum absolute atomic E-state index is 0.0583. The summed E-state index contributed by atoms with van der Waals surface area (Å²) in [6.07, 6.45) is 0.950. The number of ether oxygens (including phenoxy) is 1. The third-order valence-corrected chi connectivity index (χ3v) is 5.46. The molecule has 1 aliphatic rings. The molecular formula is C20H23FN4O2. The molecule has 1 N–H and O–H groups in total. The van der Waals surface area contributed by atoms with E-state index in [-0.39, 0.29) is 17.3 Å². The Morgan fingerprint density at radius 3 is 2.93 bits per heavy atom. The van der Waals surface area contributed by atoms with Gasteiger partial charge in [0, 0.05) is 47.6 Å². The highest BCUT2D eigenvalue weighted by Gasteiger charge is 2.26. The summed E-state index contributed by atoms with van der Waals surface area (Å²) in [5.41, 5.74) is 3.64. The van der Waals surface area contributed by atoms with E-state index in [2.05, 4.69) is 15.0 Å². The van der Waals surface area contributed by atoms with E-state index in [1.165, 1.54) is 10.6 Å². The number of hydrogen-bond acceptors (Lipinski definition) is 4. The normalized spacial score (nSPS) is 17.7. The molecule has 3 heterocycles. The largest absolute Gasteiger partial charge is 0.497 e. The van der Waals surface area contributed by atoms with E-state index >= 15 is 0 Å². The second-order valence-electron chi connectivity index (χ2n) is 7.21. The highest BCUT2D eigenvalue weighted by Crippen LogP contribution is 2.28. The number of halogens is 1. The zero-order chi connectivity index (χ0) is 19.1. The maximum absolute atomic E-state index is 14.1. The number of methoxy groups -OCH3 is 1. The molecule has 0 aliphatic carbocycles. The standard InChI is InChI=1S/C20H23FN4O2/c1-12-13(2)22-19-9-18(23-25(19)20(12)26)14-6-7-24(10-14)11-15-8-16(27-3)4-5-17(15)21/h4-5,8-9,14,23H,6-7,10-11H2,1-3H3/t14-/m0/s1. The molecule has 2 aromatic heterocycles. The van der Waals surface area contributed by atoms with Gasteiger partial charge in [0.25, 0.3) is 5.56 Å². The lowest BCUT2D eigenvalue weighted by molar-refractivity contribution is 0.319. The number of hydrogen-bond donors (Lipinski definition) is 1. The number of aryl methyl sites for hydroxylation is 1. The molecule has 0 bridgehead atoms. The van der Waals surface area contributed by atoms with Crippen molar-refractivity contribution in [2.75, 3.05) is 20.2 Å². The lowest BCUT2D eigenvalue weighted by Crippen LogP contribution is -2.21. The lowest BCUT2D eigenvalue weighted by Gasteiger charge is -2.16. The molecule has 3 aromatic rings. The maximum atomic E-state index is 14.1. The van der Waals surface area contributed by atoms with Crippen molar-refractivity contribution in [2.24, 2.45) is 0 Å². The van der Waals surface area contributed by atoms with Gasteiger partial charge < -0.3 is 4.74 Å². The zero-order valence-corrected chi connectivity index (χ0v) is 15.8. The van der Waals surface area contributed by atoms with Gasteiger partial charge in [0.1, 0.15) is 11.6 Å². The van der Waals surface area contributed by atoms with E-state index in [1.807, 2.05) is 13.0 Å². The monoisotopic (exact) mass is 370 g/mol. The van der Waals surface area contributed by atoms with Crippen LogP contribution in [-0.2, 0) is 6.54 Å². The summed E-state index contributed by atoms with van der Waals surface area (Å²) < 4.78 is 20.8. The fraction of sp³-hybridized carbons (Fsp3) is 0.400. The molecule has 7 heteroatoms. The number of H-pyrrole nitrogens is 1. The first kappa shape index (κ1) is 17.7. The number of benzene rings is 1. The van der Waals surface area contributed by atoms with Crippen LogP contribution >= 0.6 is 0 Å². The van der Waals surface area contributed by atoms with Gasteiger partial charge in [-0.3, -0.25) is 14.8 Å². The SMILES string of the molecule is COc1ccc(F)c(CN2CC[C@H](c3cc4nc(C)c(C)c(=O)n4[nH]3)C2)c1. The van der Waals surface area contributed by atoms with Crippen molar-refractivity contribution in [1.82, 2.24) is 19.5 Å². The van der Waals surface area contributed by atoms with Crippen LogP contribution in [0.25, 0.3) is 5.65 Å². The number of nitrogens with zero attached hydrogens (tertiary/aromatic N) is 3. The van der Waals surface area contributed by atoms with Gasteiger partial charge in [-0.15, -0.1) is 0 Å². The molecular weight excluding hydrogens is 347 g/mol. The molecule has 27 heavy (non-hydrogen) atoms. The van der Waals surface area contributed by atoms with Crippen molar-refractivity contribution < 1.29 is 9.13 Å². The first-order valence-electron chi connectivity index (χ1n) is 9.10. The van der Waals surface area contributed by atoms with Crippen molar-refractivity contribution in [2.45, 2.75) is 32.7 Å². The van der Waals surface area contributed by atoms with Crippen LogP contribution in [0.4, 0.5) is 4.39 Å². The van der Waals surface area contributed by atoms with Crippen LogP contribution < -0.4 is 10.3 Å². The number of rotatable bonds is 4. The molecule has 1 saturated heterocycles. The predicted octanol–water partition coefficient (Wildman–Crippen LogP) is 2.78. The number of nitrogens with one attached hydrogen (secondary N) is 1. The second-order valence-corrected chi connectivity index (χ2v) is 7.21. The average molecular weight is 370 g/mol. The van der Waals surface area contributed by atoms with Crippen LogP contribution in [0.15, 0.2) is 29.1 Å². The molecule has 0 saturated carbocycles. The molecule has 142 valence electrons. The summed E-state index contributed by atoms with van der Waals surface area (Å²) in [6.45, 7) is 5.85. The fourth-order valence-electron chi connectivity index (χ4n) is 3.72. The van der Waals surface area contributed by atoms with Crippen molar-refractivity contribution in [3.8, 4) is 5.75 Å². The van der Waals surface area contributed by atoms with Crippen LogP contribution in [0.5, 0.6) is 5.75 Å².